The molecule has 3 heterocycles. The molecule has 5 heteroatoms. The second-order valence-corrected chi connectivity index (χ2v) is 4.13. The highest BCUT2D eigenvalue weighted by Gasteiger charge is 2.17. The lowest BCUT2D eigenvalue weighted by atomic mass is 10.3. The van der Waals surface area contributed by atoms with Gasteiger partial charge in [0.25, 0.3) is 0 Å². The van der Waals surface area contributed by atoms with Gasteiger partial charge in [-0.1, -0.05) is 0 Å². The number of pyridine rings is 1. The van der Waals surface area contributed by atoms with Gasteiger partial charge in [0.05, 0.1) is 0 Å². The van der Waals surface area contributed by atoms with Crippen molar-refractivity contribution in [1.29, 1.82) is 0 Å². The van der Waals surface area contributed by atoms with Crippen molar-refractivity contribution in [1.82, 2.24) is 19.9 Å². The van der Waals surface area contributed by atoms with Crippen LogP contribution in [0.2, 0.25) is 0 Å². The molecule has 1 fully saturated rings. The molecule has 0 saturated carbocycles. The van der Waals surface area contributed by atoms with Gasteiger partial charge in [-0.25, -0.2) is 4.98 Å². The van der Waals surface area contributed by atoms with Crippen LogP contribution in [0.3, 0.4) is 0 Å². The molecule has 0 aromatic carbocycles. The largest absolute Gasteiger partial charge is 0.473 e. The summed E-state index contributed by atoms with van der Waals surface area (Å²) in [6.45, 7) is 3.97. The third-order valence-electron chi connectivity index (χ3n) is 2.79. The quantitative estimate of drug-likeness (QED) is 0.809. The number of fused-ring (bicyclic) bond motifs is 1. The number of aryl methyl sites for hydroxylation is 1. The van der Waals surface area contributed by atoms with E-state index >= 15 is 0 Å². The number of hydrogen-bond donors (Lipinski definition) is 1. The third kappa shape index (κ3) is 1.63. The molecule has 1 atom stereocenters. The normalized spacial score (nSPS) is 20.4. The van der Waals surface area contributed by atoms with Gasteiger partial charge in [-0.3, -0.25) is 0 Å². The second-order valence-electron chi connectivity index (χ2n) is 4.13. The molecule has 0 spiro atoms. The number of nitrogens with one attached hydrogen (secondary N) is 1. The topological polar surface area (TPSA) is 51.5 Å². The van der Waals surface area contributed by atoms with Gasteiger partial charge in [-0.2, -0.15) is 9.61 Å². The Labute approximate surface area is 93.4 Å². The van der Waals surface area contributed by atoms with E-state index in [1.165, 1.54) is 0 Å². The van der Waals surface area contributed by atoms with Crippen LogP contribution in [0, 0.1) is 6.92 Å². The van der Waals surface area contributed by atoms with Crippen molar-refractivity contribution in [3.63, 3.8) is 0 Å². The van der Waals surface area contributed by atoms with Crippen LogP contribution in [0.15, 0.2) is 18.5 Å². The predicted octanol–water partition coefficient (Wildman–Crippen LogP) is 0.778. The minimum Gasteiger partial charge on any atom is -0.473 e. The maximum Gasteiger partial charge on any atom is 0.217 e. The van der Waals surface area contributed by atoms with Crippen LogP contribution in [0.5, 0.6) is 5.88 Å². The molecule has 2 aromatic heterocycles. The maximum atomic E-state index is 5.93. The van der Waals surface area contributed by atoms with E-state index in [1.54, 1.807) is 10.8 Å². The fourth-order valence-corrected chi connectivity index (χ4v) is 2.00. The summed E-state index contributed by atoms with van der Waals surface area (Å²) in [5.74, 6) is 0.779. The molecule has 1 aliphatic rings. The van der Waals surface area contributed by atoms with E-state index in [2.05, 4.69) is 15.4 Å². The summed E-state index contributed by atoms with van der Waals surface area (Å²) in [4.78, 5) is 4.17. The predicted molar refractivity (Wildman–Crippen MR) is 59.6 cm³/mol. The van der Waals surface area contributed by atoms with Crippen LogP contribution in [0.4, 0.5) is 0 Å². The molecule has 16 heavy (non-hydrogen) atoms. The minimum absolute atomic E-state index is 0.245. The Morgan fingerprint density at radius 2 is 2.44 bits per heavy atom. The standard InChI is InChI=1S/C11H14N4O/c1-8-4-10-13-7-14-15(10)11(5-8)16-9-2-3-12-6-9/h4-5,7,9,12H,2-3,6H2,1H3. The van der Waals surface area contributed by atoms with E-state index in [0.717, 1.165) is 36.6 Å². The number of aromatic nitrogens is 3. The van der Waals surface area contributed by atoms with Gasteiger partial charge in [0.1, 0.15) is 12.4 Å². The summed E-state index contributed by atoms with van der Waals surface area (Å²) >= 11 is 0. The van der Waals surface area contributed by atoms with Gasteiger partial charge in [-0.05, 0) is 31.5 Å². The van der Waals surface area contributed by atoms with Crippen LogP contribution < -0.4 is 10.1 Å². The molecule has 1 unspecified atom stereocenters. The highest BCUT2D eigenvalue weighted by Crippen LogP contribution is 2.18. The van der Waals surface area contributed by atoms with Gasteiger partial charge in [0.2, 0.25) is 5.88 Å². The second kappa shape index (κ2) is 3.75. The summed E-state index contributed by atoms with van der Waals surface area (Å²) in [5.41, 5.74) is 1.97. The van der Waals surface area contributed by atoms with E-state index in [0.29, 0.717) is 0 Å². The minimum atomic E-state index is 0.245. The molecule has 0 bridgehead atoms. The summed E-state index contributed by atoms with van der Waals surface area (Å²) in [5, 5.41) is 7.44. The van der Waals surface area contributed by atoms with Crippen molar-refractivity contribution in [3.8, 4) is 5.88 Å². The first-order valence-electron chi connectivity index (χ1n) is 5.51. The van der Waals surface area contributed by atoms with Crippen LogP contribution in [0.1, 0.15) is 12.0 Å². The van der Waals surface area contributed by atoms with Crippen LogP contribution >= 0.6 is 0 Å². The lowest BCUT2D eigenvalue weighted by Crippen LogP contribution is -2.20. The van der Waals surface area contributed by atoms with Crippen LogP contribution in [-0.4, -0.2) is 33.8 Å². The summed E-state index contributed by atoms with van der Waals surface area (Å²) in [7, 11) is 0. The van der Waals surface area contributed by atoms with Gasteiger partial charge in [0, 0.05) is 12.6 Å². The van der Waals surface area contributed by atoms with Crippen molar-refractivity contribution < 1.29 is 4.74 Å². The fraction of sp³-hybridized carbons (Fsp3) is 0.455. The number of rotatable bonds is 2. The molecule has 1 N–H and O–H groups in total. The molecule has 1 saturated heterocycles. The smallest absolute Gasteiger partial charge is 0.217 e. The van der Waals surface area contributed by atoms with Crippen LogP contribution in [-0.2, 0) is 0 Å². The molecule has 84 valence electrons. The number of ether oxygens (including phenoxy) is 1. The van der Waals surface area contributed by atoms with E-state index in [-0.39, 0.29) is 6.10 Å². The van der Waals surface area contributed by atoms with E-state index in [1.807, 2.05) is 19.1 Å². The number of hydrogen-bond acceptors (Lipinski definition) is 4. The first-order chi connectivity index (χ1) is 7.83. The molecule has 2 aromatic rings. The highest BCUT2D eigenvalue weighted by molar-refractivity contribution is 5.43. The summed E-state index contributed by atoms with van der Waals surface area (Å²) in [6, 6.07) is 3.99. The zero-order valence-electron chi connectivity index (χ0n) is 9.18. The Hall–Kier alpha value is -1.62. The molecule has 5 nitrogen and oxygen atoms in total. The van der Waals surface area contributed by atoms with Gasteiger partial charge >= 0.3 is 0 Å². The number of nitrogens with zero attached hydrogens (tertiary/aromatic N) is 3. The molecule has 0 amide bonds. The van der Waals surface area contributed by atoms with Crippen molar-refractivity contribution in [2.75, 3.05) is 13.1 Å². The maximum absolute atomic E-state index is 5.93. The molecule has 0 radical (unpaired) electrons. The van der Waals surface area contributed by atoms with Crippen molar-refractivity contribution in [2.45, 2.75) is 19.4 Å². The zero-order valence-corrected chi connectivity index (χ0v) is 9.18. The lowest BCUT2D eigenvalue weighted by Gasteiger charge is -2.13. The lowest BCUT2D eigenvalue weighted by molar-refractivity contribution is 0.208. The zero-order chi connectivity index (χ0) is 11.0. The van der Waals surface area contributed by atoms with Crippen molar-refractivity contribution >= 4 is 5.65 Å². The van der Waals surface area contributed by atoms with E-state index < -0.39 is 0 Å². The Bertz CT molecular complexity index is 502. The highest BCUT2D eigenvalue weighted by atomic mass is 16.5. The van der Waals surface area contributed by atoms with Crippen molar-refractivity contribution in [3.05, 3.63) is 24.0 Å². The fourth-order valence-electron chi connectivity index (χ4n) is 2.00. The Balaban J connectivity index is 1.97. The first-order valence-corrected chi connectivity index (χ1v) is 5.51. The van der Waals surface area contributed by atoms with Crippen LogP contribution in [0.25, 0.3) is 5.65 Å². The monoisotopic (exact) mass is 218 g/mol. The molecule has 3 rings (SSSR count). The molecular weight excluding hydrogens is 204 g/mol. The summed E-state index contributed by atoms with van der Waals surface area (Å²) < 4.78 is 7.67. The third-order valence-corrected chi connectivity index (χ3v) is 2.79. The van der Waals surface area contributed by atoms with Gasteiger partial charge in [-0.15, -0.1) is 0 Å². The summed E-state index contributed by atoms with van der Waals surface area (Å²) in [6.07, 6.45) is 2.84. The Morgan fingerprint density at radius 3 is 3.25 bits per heavy atom. The molecule has 1 aliphatic heterocycles. The van der Waals surface area contributed by atoms with Gasteiger partial charge < -0.3 is 10.1 Å². The molecule has 0 aliphatic carbocycles. The van der Waals surface area contributed by atoms with Gasteiger partial charge in [0.15, 0.2) is 5.65 Å². The van der Waals surface area contributed by atoms with Crippen molar-refractivity contribution in [2.24, 2.45) is 0 Å². The Morgan fingerprint density at radius 1 is 1.50 bits per heavy atom. The SMILES string of the molecule is Cc1cc(OC2CCNC2)n2ncnc2c1. The average molecular weight is 218 g/mol. The first kappa shape index (κ1) is 9.59. The van der Waals surface area contributed by atoms with E-state index in [9.17, 15) is 0 Å². The average Bonchev–Trinajstić information content (AvgIpc) is 2.87. The Kier molecular flexibility index (Phi) is 2.25. The molecular formula is C11H14N4O. The van der Waals surface area contributed by atoms with E-state index in [4.69, 9.17) is 4.74 Å².